The van der Waals surface area contributed by atoms with Crippen molar-refractivity contribution in [3.8, 4) is 23.2 Å². The molecule has 0 radical (unpaired) electrons. The predicted molar refractivity (Wildman–Crippen MR) is 111 cm³/mol. The van der Waals surface area contributed by atoms with E-state index in [9.17, 15) is 23.5 Å². The van der Waals surface area contributed by atoms with Crippen LogP contribution >= 0.6 is 0 Å². The van der Waals surface area contributed by atoms with E-state index in [4.69, 9.17) is 4.74 Å². The Balaban J connectivity index is 1.66. The fourth-order valence-electron chi connectivity index (χ4n) is 3.62. The summed E-state index contributed by atoms with van der Waals surface area (Å²) in [4.78, 5) is 4.19. The molecular formula is C22H19F3N6O2. The lowest BCUT2D eigenvalue weighted by molar-refractivity contribution is -0.269. The van der Waals surface area contributed by atoms with Crippen molar-refractivity contribution in [1.82, 2.24) is 24.4 Å². The molecule has 1 atom stereocenters. The van der Waals surface area contributed by atoms with Crippen molar-refractivity contribution in [3.05, 3.63) is 65.7 Å². The van der Waals surface area contributed by atoms with Crippen molar-refractivity contribution in [2.24, 2.45) is 0 Å². The monoisotopic (exact) mass is 456 g/mol. The summed E-state index contributed by atoms with van der Waals surface area (Å²) in [6.45, 7) is 1.36. The fraction of sp³-hybridized carbons (Fsp3) is 0.273. The van der Waals surface area contributed by atoms with E-state index in [2.05, 4.69) is 21.4 Å². The van der Waals surface area contributed by atoms with Gasteiger partial charge in [-0.1, -0.05) is 12.1 Å². The largest absolute Gasteiger partial charge is 0.481 e. The number of pyridine rings is 2. The van der Waals surface area contributed by atoms with Crippen LogP contribution in [-0.4, -0.2) is 42.8 Å². The van der Waals surface area contributed by atoms with Gasteiger partial charge >= 0.3 is 6.18 Å². The van der Waals surface area contributed by atoms with Crippen LogP contribution < -0.4 is 4.74 Å². The second-order valence-electron chi connectivity index (χ2n) is 7.45. The van der Waals surface area contributed by atoms with Gasteiger partial charge in [0.2, 0.25) is 11.5 Å². The molecule has 0 aromatic carbocycles. The zero-order valence-corrected chi connectivity index (χ0v) is 17.7. The van der Waals surface area contributed by atoms with Crippen LogP contribution in [0.15, 0.2) is 48.9 Å². The molecule has 0 spiro atoms. The molecule has 4 rings (SSSR count). The highest BCUT2D eigenvalue weighted by Gasteiger charge is 2.55. The molecular weight excluding hydrogens is 437 g/mol. The summed E-state index contributed by atoms with van der Waals surface area (Å²) >= 11 is 0. The molecule has 4 aromatic rings. The molecule has 170 valence electrons. The third-order valence-electron chi connectivity index (χ3n) is 5.46. The Hall–Kier alpha value is -3.91. The Bertz CT molecular complexity index is 1340. The van der Waals surface area contributed by atoms with Crippen LogP contribution in [0.5, 0.6) is 5.88 Å². The number of aromatic nitrogens is 5. The average Bonchev–Trinajstić information content (AvgIpc) is 3.42. The SMILES string of the molecule is CCC(O)(c1cn(Cc2ccn3c(-c4ccc(OC)nc4)c(C#N)cc3c2)nn1)C(F)(F)F. The summed E-state index contributed by atoms with van der Waals surface area (Å²) < 4.78 is 48.0. The maximum Gasteiger partial charge on any atom is 0.423 e. The summed E-state index contributed by atoms with van der Waals surface area (Å²) in [6, 6.07) is 11.0. The van der Waals surface area contributed by atoms with Gasteiger partial charge in [0.05, 0.1) is 31.1 Å². The maximum atomic E-state index is 13.3. The number of fused-ring (bicyclic) bond motifs is 1. The van der Waals surface area contributed by atoms with Gasteiger partial charge < -0.3 is 14.2 Å². The van der Waals surface area contributed by atoms with E-state index in [1.807, 2.05) is 4.40 Å². The highest BCUT2D eigenvalue weighted by atomic mass is 19.4. The minimum atomic E-state index is -4.87. The Labute approximate surface area is 186 Å². The zero-order chi connectivity index (χ0) is 23.8. The summed E-state index contributed by atoms with van der Waals surface area (Å²) in [5, 5.41) is 27.0. The minimum Gasteiger partial charge on any atom is -0.481 e. The fourth-order valence-corrected chi connectivity index (χ4v) is 3.62. The van der Waals surface area contributed by atoms with Gasteiger partial charge in [-0.25, -0.2) is 9.67 Å². The van der Waals surface area contributed by atoms with Gasteiger partial charge in [-0.05, 0) is 36.2 Å². The third kappa shape index (κ3) is 3.89. The van der Waals surface area contributed by atoms with Crippen molar-refractivity contribution < 1.29 is 23.0 Å². The van der Waals surface area contributed by atoms with Gasteiger partial charge in [0.1, 0.15) is 11.8 Å². The Morgan fingerprint density at radius 1 is 1.21 bits per heavy atom. The topological polar surface area (TPSA) is 101 Å². The molecule has 0 aliphatic rings. The third-order valence-corrected chi connectivity index (χ3v) is 5.46. The molecule has 0 bridgehead atoms. The highest BCUT2D eigenvalue weighted by molar-refractivity contribution is 5.74. The van der Waals surface area contributed by atoms with E-state index in [0.29, 0.717) is 17.1 Å². The van der Waals surface area contributed by atoms with Crippen LogP contribution in [0.4, 0.5) is 13.2 Å². The molecule has 11 heteroatoms. The van der Waals surface area contributed by atoms with Crippen LogP contribution in [0.2, 0.25) is 0 Å². The van der Waals surface area contributed by atoms with E-state index in [0.717, 1.165) is 22.8 Å². The summed E-state index contributed by atoms with van der Waals surface area (Å²) in [5.74, 6) is 0.452. The molecule has 0 amide bonds. The lowest BCUT2D eigenvalue weighted by atomic mass is 9.96. The average molecular weight is 456 g/mol. The first-order valence-corrected chi connectivity index (χ1v) is 9.94. The van der Waals surface area contributed by atoms with Gasteiger partial charge in [0.25, 0.3) is 0 Å². The molecule has 0 aliphatic heterocycles. The van der Waals surface area contributed by atoms with Gasteiger partial charge in [0.15, 0.2) is 0 Å². The molecule has 0 aliphatic carbocycles. The van der Waals surface area contributed by atoms with E-state index in [-0.39, 0.29) is 6.54 Å². The predicted octanol–water partition coefficient (Wildman–Crippen LogP) is 3.68. The molecule has 0 saturated carbocycles. The number of hydrogen-bond donors (Lipinski definition) is 1. The van der Waals surface area contributed by atoms with Crippen molar-refractivity contribution in [2.45, 2.75) is 31.7 Å². The Morgan fingerprint density at radius 2 is 2.00 bits per heavy atom. The van der Waals surface area contributed by atoms with Crippen LogP contribution in [0.25, 0.3) is 16.8 Å². The number of hydrogen-bond acceptors (Lipinski definition) is 6. The number of methoxy groups -OCH3 is 1. The maximum absolute atomic E-state index is 13.3. The Kier molecular flexibility index (Phi) is 5.55. The van der Waals surface area contributed by atoms with E-state index >= 15 is 0 Å². The molecule has 0 fully saturated rings. The van der Waals surface area contributed by atoms with Gasteiger partial charge in [0, 0.05) is 29.5 Å². The number of ether oxygens (including phenoxy) is 1. The molecule has 4 aromatic heterocycles. The number of halogens is 3. The second-order valence-corrected chi connectivity index (χ2v) is 7.45. The minimum absolute atomic E-state index is 0.133. The second kappa shape index (κ2) is 8.22. The Morgan fingerprint density at radius 3 is 2.61 bits per heavy atom. The van der Waals surface area contributed by atoms with Crippen LogP contribution in [0, 0.1) is 11.3 Å². The zero-order valence-electron chi connectivity index (χ0n) is 17.7. The molecule has 4 heterocycles. The van der Waals surface area contributed by atoms with Crippen LogP contribution in [0.3, 0.4) is 0 Å². The quantitative estimate of drug-likeness (QED) is 0.475. The number of nitriles is 1. The lowest BCUT2D eigenvalue weighted by Crippen LogP contribution is -2.42. The van der Waals surface area contributed by atoms with Crippen molar-refractivity contribution >= 4 is 5.52 Å². The molecule has 1 unspecified atom stereocenters. The van der Waals surface area contributed by atoms with Gasteiger partial charge in [-0.3, -0.25) is 0 Å². The number of aliphatic hydroxyl groups is 1. The summed E-state index contributed by atoms with van der Waals surface area (Å²) in [6.07, 6.45) is -0.976. The lowest BCUT2D eigenvalue weighted by Gasteiger charge is -2.26. The van der Waals surface area contributed by atoms with Crippen molar-refractivity contribution in [2.75, 3.05) is 7.11 Å². The number of rotatable bonds is 6. The molecule has 1 N–H and O–H groups in total. The van der Waals surface area contributed by atoms with E-state index in [1.165, 1.54) is 18.7 Å². The van der Waals surface area contributed by atoms with Crippen LogP contribution in [0.1, 0.15) is 30.2 Å². The summed E-state index contributed by atoms with van der Waals surface area (Å²) in [7, 11) is 1.51. The smallest absolute Gasteiger partial charge is 0.423 e. The highest BCUT2D eigenvalue weighted by Crippen LogP contribution is 2.40. The summed E-state index contributed by atoms with van der Waals surface area (Å²) in [5.41, 5.74) is -0.326. The normalized spacial score (nSPS) is 13.6. The number of nitrogens with zero attached hydrogens (tertiary/aromatic N) is 6. The first kappa shape index (κ1) is 22.3. The molecule has 33 heavy (non-hydrogen) atoms. The van der Waals surface area contributed by atoms with Crippen molar-refractivity contribution in [1.29, 1.82) is 5.26 Å². The first-order valence-electron chi connectivity index (χ1n) is 9.94. The first-order chi connectivity index (χ1) is 15.7. The number of alkyl halides is 3. The van der Waals surface area contributed by atoms with E-state index in [1.54, 1.807) is 42.7 Å². The van der Waals surface area contributed by atoms with Crippen molar-refractivity contribution in [3.63, 3.8) is 0 Å². The molecule has 0 saturated heterocycles. The standard InChI is InChI=1S/C22H19F3N6O2/c1-3-21(32,22(23,24)25)18-13-30(29-28-18)12-14-6-7-31-17(8-14)9-16(10-26)20(31)15-4-5-19(33-2)27-11-15/h4-9,11,13,32H,3,12H2,1-2H3. The van der Waals surface area contributed by atoms with Crippen LogP contribution in [-0.2, 0) is 12.1 Å². The van der Waals surface area contributed by atoms with E-state index < -0.39 is 23.9 Å². The van der Waals surface area contributed by atoms with Gasteiger partial charge in [-0.15, -0.1) is 5.10 Å². The molecule has 8 nitrogen and oxygen atoms in total. The van der Waals surface area contributed by atoms with Gasteiger partial charge in [-0.2, -0.15) is 18.4 Å².